The van der Waals surface area contributed by atoms with Crippen LogP contribution in [0.1, 0.15) is 12.5 Å². The lowest BCUT2D eigenvalue weighted by molar-refractivity contribution is 0.207. The number of aliphatic hydroxyl groups excluding tert-OH is 1. The summed E-state index contributed by atoms with van der Waals surface area (Å²) in [6, 6.07) is 5.02. The third-order valence-electron chi connectivity index (χ3n) is 1.90. The van der Waals surface area contributed by atoms with Gasteiger partial charge in [0.2, 0.25) is 0 Å². The first-order chi connectivity index (χ1) is 5.97. The molecule has 4 N–H and O–H groups in total. The third-order valence-corrected chi connectivity index (χ3v) is 2.40. The topological polar surface area (TPSA) is 66.5 Å². The van der Waals surface area contributed by atoms with Gasteiger partial charge in [-0.05, 0) is 19.1 Å². The maximum absolute atomic E-state index is 9.54. The summed E-state index contributed by atoms with van der Waals surface area (Å²) in [5.74, 6) is 0.0911. The molecule has 72 valence electrons. The van der Waals surface area contributed by atoms with Gasteiger partial charge >= 0.3 is 0 Å². The average molecular weight is 246 g/mol. The van der Waals surface area contributed by atoms with Gasteiger partial charge in [0.05, 0.1) is 12.1 Å². The molecule has 0 unspecified atom stereocenters. The molecule has 3 nitrogen and oxygen atoms in total. The van der Waals surface area contributed by atoms with E-state index in [4.69, 9.17) is 10.8 Å². The first-order valence-corrected chi connectivity index (χ1v) is 4.65. The maximum Gasteiger partial charge on any atom is 0.121 e. The first-order valence-electron chi connectivity index (χ1n) is 3.86. The molecular weight excluding hydrogens is 234 g/mol. The number of aromatic hydroxyl groups is 1. The molecule has 0 saturated carbocycles. The molecule has 1 atom stereocenters. The fraction of sp³-hybridized carbons (Fsp3) is 0.333. The SMILES string of the molecule is C[C@](N)(CO)c1ccc(Br)cc1O. The van der Waals surface area contributed by atoms with Crippen LogP contribution in [-0.4, -0.2) is 16.8 Å². The molecule has 0 amide bonds. The average Bonchev–Trinajstić information content (AvgIpc) is 2.03. The van der Waals surface area contributed by atoms with E-state index in [-0.39, 0.29) is 12.4 Å². The van der Waals surface area contributed by atoms with E-state index in [0.29, 0.717) is 5.56 Å². The van der Waals surface area contributed by atoms with Crippen LogP contribution in [0.4, 0.5) is 0 Å². The van der Waals surface area contributed by atoms with Crippen LogP contribution in [-0.2, 0) is 5.54 Å². The number of rotatable bonds is 2. The first kappa shape index (κ1) is 10.5. The Labute approximate surface area is 85.3 Å². The molecule has 0 aliphatic carbocycles. The monoisotopic (exact) mass is 245 g/mol. The predicted octanol–water partition coefficient (Wildman–Crippen LogP) is 1.32. The molecule has 0 aliphatic heterocycles. The lowest BCUT2D eigenvalue weighted by atomic mass is 9.93. The Morgan fingerprint density at radius 3 is 2.62 bits per heavy atom. The van der Waals surface area contributed by atoms with E-state index in [2.05, 4.69) is 15.9 Å². The highest BCUT2D eigenvalue weighted by Gasteiger charge is 2.23. The zero-order chi connectivity index (χ0) is 10.1. The Kier molecular flexibility index (Phi) is 2.95. The molecule has 0 aliphatic rings. The van der Waals surface area contributed by atoms with Crippen molar-refractivity contribution in [3.63, 3.8) is 0 Å². The van der Waals surface area contributed by atoms with E-state index >= 15 is 0 Å². The van der Waals surface area contributed by atoms with Crippen molar-refractivity contribution in [2.24, 2.45) is 5.73 Å². The van der Waals surface area contributed by atoms with Crippen LogP contribution < -0.4 is 5.73 Å². The maximum atomic E-state index is 9.54. The van der Waals surface area contributed by atoms with Gasteiger partial charge in [-0.2, -0.15) is 0 Å². The fourth-order valence-corrected chi connectivity index (χ4v) is 1.42. The molecule has 4 heteroatoms. The van der Waals surface area contributed by atoms with Crippen LogP contribution in [0.15, 0.2) is 22.7 Å². The Balaban J connectivity index is 3.16. The molecule has 0 saturated heterocycles. The largest absolute Gasteiger partial charge is 0.508 e. The molecule has 0 bridgehead atoms. The number of halogens is 1. The molecule has 13 heavy (non-hydrogen) atoms. The Morgan fingerprint density at radius 1 is 1.54 bits per heavy atom. The molecular formula is C9H12BrNO2. The Bertz CT molecular complexity index is 312. The Hall–Kier alpha value is -0.580. The molecule has 1 aromatic carbocycles. The van der Waals surface area contributed by atoms with Crippen molar-refractivity contribution in [1.29, 1.82) is 0 Å². The van der Waals surface area contributed by atoms with Gasteiger partial charge in [0.1, 0.15) is 5.75 Å². The van der Waals surface area contributed by atoms with Crippen molar-refractivity contribution >= 4 is 15.9 Å². The highest BCUT2D eigenvalue weighted by molar-refractivity contribution is 9.10. The van der Waals surface area contributed by atoms with Crippen LogP contribution >= 0.6 is 15.9 Å². The molecule has 1 rings (SSSR count). The summed E-state index contributed by atoms with van der Waals surface area (Å²) in [6.45, 7) is 1.46. The molecule has 0 radical (unpaired) electrons. The highest BCUT2D eigenvalue weighted by atomic mass is 79.9. The van der Waals surface area contributed by atoms with Crippen molar-refractivity contribution in [1.82, 2.24) is 0 Å². The second-order valence-electron chi connectivity index (χ2n) is 3.24. The number of hydrogen-bond donors (Lipinski definition) is 3. The summed E-state index contributed by atoms with van der Waals surface area (Å²) in [4.78, 5) is 0. The lowest BCUT2D eigenvalue weighted by Crippen LogP contribution is -2.36. The van der Waals surface area contributed by atoms with E-state index in [0.717, 1.165) is 4.47 Å². The number of aliphatic hydroxyl groups is 1. The molecule has 0 spiro atoms. The van der Waals surface area contributed by atoms with Gasteiger partial charge in [-0.15, -0.1) is 0 Å². The normalized spacial score (nSPS) is 15.4. The van der Waals surface area contributed by atoms with Crippen molar-refractivity contribution < 1.29 is 10.2 Å². The summed E-state index contributed by atoms with van der Waals surface area (Å²) in [5, 5.41) is 18.5. The minimum atomic E-state index is -0.898. The Morgan fingerprint density at radius 2 is 2.15 bits per heavy atom. The summed E-state index contributed by atoms with van der Waals surface area (Å²) < 4.78 is 0.780. The van der Waals surface area contributed by atoms with Crippen LogP contribution in [0, 0.1) is 0 Å². The van der Waals surface area contributed by atoms with Crippen molar-refractivity contribution in [3.05, 3.63) is 28.2 Å². The van der Waals surface area contributed by atoms with Crippen LogP contribution in [0.5, 0.6) is 5.75 Å². The van der Waals surface area contributed by atoms with Crippen LogP contribution in [0.25, 0.3) is 0 Å². The molecule has 1 aromatic rings. The van der Waals surface area contributed by atoms with E-state index < -0.39 is 5.54 Å². The predicted molar refractivity (Wildman–Crippen MR) is 54.4 cm³/mol. The number of benzene rings is 1. The quantitative estimate of drug-likeness (QED) is 0.737. The summed E-state index contributed by atoms with van der Waals surface area (Å²) >= 11 is 3.22. The van der Waals surface area contributed by atoms with Gasteiger partial charge in [0, 0.05) is 10.0 Å². The number of phenols is 1. The molecule has 0 fully saturated rings. The molecule has 0 heterocycles. The lowest BCUT2D eigenvalue weighted by Gasteiger charge is -2.23. The minimum absolute atomic E-state index is 0.0911. The summed E-state index contributed by atoms with van der Waals surface area (Å²) in [5.41, 5.74) is 5.40. The second kappa shape index (κ2) is 3.65. The second-order valence-corrected chi connectivity index (χ2v) is 4.15. The van der Waals surface area contributed by atoms with E-state index in [1.807, 2.05) is 0 Å². The van der Waals surface area contributed by atoms with Crippen LogP contribution in [0.3, 0.4) is 0 Å². The third kappa shape index (κ3) is 2.21. The van der Waals surface area contributed by atoms with Gasteiger partial charge in [0.25, 0.3) is 0 Å². The van der Waals surface area contributed by atoms with Gasteiger partial charge < -0.3 is 15.9 Å². The number of phenolic OH excluding ortho intramolecular Hbond substituents is 1. The van der Waals surface area contributed by atoms with Gasteiger partial charge in [-0.25, -0.2) is 0 Å². The molecule has 0 aromatic heterocycles. The highest BCUT2D eigenvalue weighted by Crippen LogP contribution is 2.29. The number of hydrogen-bond acceptors (Lipinski definition) is 3. The van der Waals surface area contributed by atoms with E-state index in [1.165, 1.54) is 0 Å². The fourth-order valence-electron chi connectivity index (χ4n) is 1.07. The standard InChI is InChI=1S/C9H12BrNO2/c1-9(11,5-12)7-3-2-6(10)4-8(7)13/h2-4,12-13H,5,11H2,1H3/t9-/m0/s1. The van der Waals surface area contributed by atoms with E-state index in [9.17, 15) is 5.11 Å². The van der Waals surface area contributed by atoms with Gasteiger partial charge in [-0.1, -0.05) is 22.0 Å². The van der Waals surface area contributed by atoms with Crippen LogP contribution in [0.2, 0.25) is 0 Å². The summed E-state index contributed by atoms with van der Waals surface area (Å²) in [7, 11) is 0. The minimum Gasteiger partial charge on any atom is -0.508 e. The van der Waals surface area contributed by atoms with Gasteiger partial charge in [0.15, 0.2) is 0 Å². The number of nitrogens with two attached hydrogens (primary N) is 1. The smallest absolute Gasteiger partial charge is 0.121 e. The van der Waals surface area contributed by atoms with Crippen molar-refractivity contribution in [2.75, 3.05) is 6.61 Å². The van der Waals surface area contributed by atoms with E-state index in [1.54, 1.807) is 25.1 Å². The zero-order valence-electron chi connectivity index (χ0n) is 7.29. The van der Waals surface area contributed by atoms with Crippen molar-refractivity contribution in [3.8, 4) is 5.75 Å². The summed E-state index contributed by atoms with van der Waals surface area (Å²) in [6.07, 6.45) is 0. The zero-order valence-corrected chi connectivity index (χ0v) is 8.87. The van der Waals surface area contributed by atoms with Crippen molar-refractivity contribution in [2.45, 2.75) is 12.5 Å². The van der Waals surface area contributed by atoms with Gasteiger partial charge in [-0.3, -0.25) is 0 Å².